The van der Waals surface area contributed by atoms with E-state index < -0.39 is 0 Å². The number of hydrazine groups is 1. The fraction of sp³-hybridized carbons (Fsp3) is 0.167. The molecule has 0 fully saturated rings. The molecule has 5 rings (SSSR count). The number of hydrogen-bond donors (Lipinski definition) is 1. The molecule has 0 saturated carbocycles. The molecular weight excluding hydrogens is 332 g/mol. The standard InChI is InChI=1S/C18H16N6S/c1-25-18-20-9-12-11-23-17(21-16(12)22-18)14-6-2-3-7-15(14)24(23)13-5-4-8-19-10-13/h2-10,17H,11H2,1H3,(H,20,21,22). The maximum Gasteiger partial charge on any atom is 0.189 e. The summed E-state index contributed by atoms with van der Waals surface area (Å²) in [6, 6.07) is 12.5. The van der Waals surface area contributed by atoms with Crippen LogP contribution in [0.15, 0.2) is 60.1 Å². The first-order valence-corrected chi connectivity index (χ1v) is 9.30. The van der Waals surface area contributed by atoms with Gasteiger partial charge in [-0.05, 0) is 24.5 Å². The topological polar surface area (TPSA) is 57.2 Å². The second kappa shape index (κ2) is 5.72. The smallest absolute Gasteiger partial charge is 0.189 e. The highest BCUT2D eigenvalue weighted by Crippen LogP contribution is 2.47. The molecule has 7 heteroatoms. The number of nitrogens with one attached hydrogen (secondary N) is 1. The summed E-state index contributed by atoms with van der Waals surface area (Å²) in [4.78, 5) is 13.4. The summed E-state index contributed by atoms with van der Waals surface area (Å²) in [5.74, 6) is 0.920. The number of thioether (sulfide) groups is 1. The average Bonchev–Trinajstić information content (AvgIpc) is 3.00. The van der Waals surface area contributed by atoms with Crippen molar-refractivity contribution in [1.29, 1.82) is 0 Å². The SMILES string of the molecule is CSc1ncc2c(n1)NC1c3ccccc3N(c3cccnc3)N1C2. The first kappa shape index (κ1) is 14.7. The van der Waals surface area contributed by atoms with Crippen molar-refractivity contribution < 1.29 is 0 Å². The Bertz CT molecular complexity index is 932. The molecule has 0 aliphatic carbocycles. The number of anilines is 3. The summed E-state index contributed by atoms with van der Waals surface area (Å²) in [5, 5.41) is 8.90. The van der Waals surface area contributed by atoms with E-state index in [1.54, 1.807) is 18.0 Å². The molecule has 1 unspecified atom stereocenters. The minimum absolute atomic E-state index is 0.0495. The van der Waals surface area contributed by atoms with E-state index in [9.17, 15) is 0 Å². The monoisotopic (exact) mass is 348 g/mol. The van der Waals surface area contributed by atoms with E-state index >= 15 is 0 Å². The average molecular weight is 348 g/mol. The van der Waals surface area contributed by atoms with Gasteiger partial charge in [0.25, 0.3) is 0 Å². The van der Waals surface area contributed by atoms with Gasteiger partial charge in [0, 0.05) is 23.5 Å². The van der Waals surface area contributed by atoms with E-state index in [0.717, 1.165) is 28.8 Å². The van der Waals surface area contributed by atoms with Gasteiger partial charge in [-0.1, -0.05) is 30.0 Å². The Kier molecular flexibility index (Phi) is 3.36. The van der Waals surface area contributed by atoms with Crippen LogP contribution in [-0.4, -0.2) is 26.2 Å². The molecule has 2 aliphatic rings. The number of fused-ring (bicyclic) bond motifs is 4. The lowest BCUT2D eigenvalue weighted by Gasteiger charge is -2.37. The quantitative estimate of drug-likeness (QED) is 0.561. The van der Waals surface area contributed by atoms with Crippen LogP contribution in [0.25, 0.3) is 0 Å². The lowest BCUT2D eigenvalue weighted by Crippen LogP contribution is -2.42. The molecule has 1 N–H and O–H groups in total. The van der Waals surface area contributed by atoms with Crippen molar-refractivity contribution in [1.82, 2.24) is 20.0 Å². The van der Waals surface area contributed by atoms with Crippen molar-refractivity contribution in [2.75, 3.05) is 16.6 Å². The molecule has 0 amide bonds. The molecule has 6 nitrogen and oxygen atoms in total. The Labute approximate surface area is 149 Å². The Balaban J connectivity index is 1.63. The van der Waals surface area contributed by atoms with Gasteiger partial charge in [-0.2, -0.15) is 5.01 Å². The van der Waals surface area contributed by atoms with Crippen molar-refractivity contribution in [3.8, 4) is 0 Å². The van der Waals surface area contributed by atoms with E-state index in [-0.39, 0.29) is 6.17 Å². The highest BCUT2D eigenvalue weighted by atomic mass is 32.2. The number of nitrogens with zero attached hydrogens (tertiary/aromatic N) is 5. The van der Waals surface area contributed by atoms with Gasteiger partial charge in [-0.25, -0.2) is 9.97 Å². The maximum absolute atomic E-state index is 4.65. The van der Waals surface area contributed by atoms with Crippen molar-refractivity contribution in [2.24, 2.45) is 0 Å². The number of aromatic nitrogens is 3. The predicted molar refractivity (Wildman–Crippen MR) is 98.5 cm³/mol. The Morgan fingerprint density at radius 2 is 2.08 bits per heavy atom. The van der Waals surface area contributed by atoms with Crippen LogP contribution in [0.3, 0.4) is 0 Å². The van der Waals surface area contributed by atoms with Crippen LogP contribution >= 0.6 is 11.8 Å². The van der Waals surface area contributed by atoms with E-state index in [4.69, 9.17) is 0 Å². The van der Waals surface area contributed by atoms with Crippen LogP contribution in [0.2, 0.25) is 0 Å². The molecule has 4 heterocycles. The molecular formula is C18H16N6S. The van der Waals surface area contributed by atoms with Crippen molar-refractivity contribution >= 4 is 29.0 Å². The van der Waals surface area contributed by atoms with Gasteiger partial charge in [0.05, 0.1) is 24.1 Å². The largest absolute Gasteiger partial charge is 0.349 e. The summed E-state index contributed by atoms with van der Waals surface area (Å²) in [6.45, 7) is 0.741. The van der Waals surface area contributed by atoms with Gasteiger partial charge in [-0.15, -0.1) is 0 Å². The fourth-order valence-corrected chi connectivity index (χ4v) is 3.78. The van der Waals surface area contributed by atoms with Crippen molar-refractivity contribution in [2.45, 2.75) is 17.9 Å². The minimum Gasteiger partial charge on any atom is -0.349 e. The molecule has 1 atom stereocenters. The van der Waals surface area contributed by atoms with Gasteiger partial charge < -0.3 is 5.32 Å². The van der Waals surface area contributed by atoms with Gasteiger partial charge >= 0.3 is 0 Å². The zero-order valence-electron chi connectivity index (χ0n) is 13.6. The Hall–Kier alpha value is -2.64. The van der Waals surface area contributed by atoms with Gasteiger partial charge in [0.1, 0.15) is 12.0 Å². The summed E-state index contributed by atoms with van der Waals surface area (Å²) < 4.78 is 0. The molecule has 1 aromatic carbocycles. The molecule has 3 aromatic rings. The van der Waals surface area contributed by atoms with Crippen molar-refractivity contribution in [3.63, 3.8) is 0 Å². The van der Waals surface area contributed by atoms with E-state index in [2.05, 4.69) is 60.6 Å². The van der Waals surface area contributed by atoms with Crippen molar-refractivity contribution in [3.05, 3.63) is 66.1 Å². The second-order valence-electron chi connectivity index (χ2n) is 5.96. The van der Waals surface area contributed by atoms with Crippen LogP contribution in [0, 0.1) is 0 Å². The highest BCUT2D eigenvalue weighted by molar-refractivity contribution is 7.98. The Morgan fingerprint density at radius 3 is 2.92 bits per heavy atom. The summed E-state index contributed by atoms with van der Waals surface area (Å²) >= 11 is 1.56. The lowest BCUT2D eigenvalue weighted by atomic mass is 10.1. The highest BCUT2D eigenvalue weighted by Gasteiger charge is 2.40. The second-order valence-corrected chi connectivity index (χ2v) is 6.73. The zero-order chi connectivity index (χ0) is 16.8. The molecule has 0 bridgehead atoms. The third-order valence-electron chi connectivity index (χ3n) is 4.54. The minimum atomic E-state index is 0.0495. The molecule has 2 aromatic heterocycles. The van der Waals surface area contributed by atoms with Crippen LogP contribution in [0.1, 0.15) is 17.3 Å². The van der Waals surface area contributed by atoms with E-state index in [0.29, 0.717) is 0 Å². The summed E-state index contributed by atoms with van der Waals surface area (Å²) in [5.41, 5.74) is 4.54. The third kappa shape index (κ3) is 2.27. The van der Waals surface area contributed by atoms with Gasteiger partial charge in [-0.3, -0.25) is 9.99 Å². The van der Waals surface area contributed by atoms with E-state index in [1.165, 1.54) is 11.3 Å². The maximum atomic E-state index is 4.65. The summed E-state index contributed by atoms with van der Waals surface area (Å²) in [7, 11) is 0. The number of rotatable bonds is 2. The number of benzene rings is 1. The van der Waals surface area contributed by atoms with Crippen LogP contribution in [0.4, 0.5) is 17.2 Å². The molecule has 2 aliphatic heterocycles. The molecule has 0 saturated heterocycles. The molecule has 124 valence electrons. The number of pyridine rings is 1. The first-order valence-electron chi connectivity index (χ1n) is 8.07. The molecule has 25 heavy (non-hydrogen) atoms. The van der Waals surface area contributed by atoms with Gasteiger partial charge in [0.2, 0.25) is 0 Å². The molecule has 0 radical (unpaired) electrons. The predicted octanol–water partition coefficient (Wildman–Crippen LogP) is 3.59. The zero-order valence-corrected chi connectivity index (χ0v) is 14.4. The normalized spacial score (nSPS) is 18.3. The van der Waals surface area contributed by atoms with Gasteiger partial charge in [0.15, 0.2) is 5.16 Å². The third-order valence-corrected chi connectivity index (χ3v) is 5.10. The fourth-order valence-electron chi connectivity index (χ4n) is 3.44. The van der Waals surface area contributed by atoms with Crippen LogP contribution in [0.5, 0.6) is 0 Å². The number of para-hydroxylation sites is 1. The molecule has 0 spiro atoms. The van der Waals surface area contributed by atoms with Crippen LogP contribution in [-0.2, 0) is 6.54 Å². The van der Waals surface area contributed by atoms with Crippen LogP contribution < -0.4 is 10.3 Å². The first-order chi connectivity index (χ1) is 12.3. The lowest BCUT2D eigenvalue weighted by molar-refractivity contribution is 0.222. The summed E-state index contributed by atoms with van der Waals surface area (Å²) in [6.07, 6.45) is 7.65. The van der Waals surface area contributed by atoms with E-state index in [1.807, 2.05) is 24.7 Å². The number of hydrogen-bond acceptors (Lipinski definition) is 7. The Morgan fingerprint density at radius 1 is 1.16 bits per heavy atom.